The smallest absolute Gasteiger partial charge is 0.254 e. The number of carbonyl (C=O) groups is 2. The van der Waals surface area contributed by atoms with Crippen LogP contribution in [0.25, 0.3) is 11.3 Å². The van der Waals surface area contributed by atoms with Crippen LogP contribution in [0, 0.1) is 0 Å². The van der Waals surface area contributed by atoms with Crippen LogP contribution in [0.3, 0.4) is 0 Å². The third-order valence-electron chi connectivity index (χ3n) is 6.46. The highest BCUT2D eigenvalue weighted by atomic mass is 35.5. The van der Waals surface area contributed by atoms with Gasteiger partial charge in [0, 0.05) is 48.4 Å². The first kappa shape index (κ1) is 24.7. The lowest BCUT2D eigenvalue weighted by atomic mass is 10.1. The van der Waals surface area contributed by atoms with Crippen molar-refractivity contribution in [2.75, 3.05) is 37.6 Å². The van der Waals surface area contributed by atoms with E-state index >= 15 is 0 Å². The second-order valence-corrected chi connectivity index (χ2v) is 9.14. The van der Waals surface area contributed by atoms with Crippen LogP contribution in [0.15, 0.2) is 66.7 Å². The zero-order chi connectivity index (χ0) is 24.8. The van der Waals surface area contributed by atoms with Crippen LogP contribution in [-0.2, 0) is 4.79 Å². The maximum Gasteiger partial charge on any atom is 0.254 e. The van der Waals surface area contributed by atoms with E-state index in [0.717, 1.165) is 23.5 Å². The summed E-state index contributed by atoms with van der Waals surface area (Å²) in [6, 6.07) is 20.6. The number of benzene rings is 2. The third kappa shape index (κ3) is 5.98. The summed E-state index contributed by atoms with van der Waals surface area (Å²) in [4.78, 5) is 31.9. The topological polar surface area (TPSA) is 69.6 Å². The van der Waals surface area contributed by atoms with Gasteiger partial charge in [0.1, 0.15) is 6.54 Å². The molecule has 4 rings (SSSR count). The molecule has 2 amide bonds. The average Bonchev–Trinajstić information content (AvgIpc) is 2.92. The number of rotatable bonds is 7. The summed E-state index contributed by atoms with van der Waals surface area (Å²) in [6.07, 6.45) is 0.762. The molecule has 3 aromatic rings. The lowest BCUT2D eigenvalue weighted by molar-refractivity contribution is -0.132. The van der Waals surface area contributed by atoms with Crippen molar-refractivity contribution in [1.29, 1.82) is 0 Å². The average molecular weight is 492 g/mol. The predicted molar refractivity (Wildman–Crippen MR) is 139 cm³/mol. The molecule has 7 nitrogen and oxygen atoms in total. The van der Waals surface area contributed by atoms with Crippen molar-refractivity contribution in [2.45, 2.75) is 26.3 Å². The van der Waals surface area contributed by atoms with E-state index in [-0.39, 0.29) is 24.4 Å². The van der Waals surface area contributed by atoms with Crippen LogP contribution >= 0.6 is 11.6 Å². The zero-order valence-corrected chi connectivity index (χ0v) is 20.9. The second-order valence-electron chi connectivity index (χ2n) is 8.71. The van der Waals surface area contributed by atoms with E-state index in [1.54, 1.807) is 29.2 Å². The normalized spacial score (nSPS) is 14.5. The Bertz CT molecular complexity index is 1130. The molecule has 0 unspecified atom stereocenters. The molecule has 1 aliphatic rings. The van der Waals surface area contributed by atoms with E-state index < -0.39 is 0 Å². The van der Waals surface area contributed by atoms with Crippen molar-refractivity contribution in [3.05, 3.63) is 77.3 Å². The maximum atomic E-state index is 13.1. The number of halogens is 1. The van der Waals surface area contributed by atoms with Gasteiger partial charge in [0.2, 0.25) is 5.91 Å². The van der Waals surface area contributed by atoms with E-state index in [9.17, 15) is 9.59 Å². The predicted octanol–water partition coefficient (Wildman–Crippen LogP) is 4.39. The summed E-state index contributed by atoms with van der Waals surface area (Å²) in [5, 5.41) is 9.35. The Morgan fingerprint density at radius 2 is 1.63 bits per heavy atom. The number of hydrogen-bond donors (Lipinski definition) is 0. The highest BCUT2D eigenvalue weighted by molar-refractivity contribution is 6.30. The summed E-state index contributed by atoms with van der Waals surface area (Å²) in [5.74, 6) is 0.602. The molecule has 2 aromatic carbocycles. The molecule has 2 heterocycles. The van der Waals surface area contributed by atoms with Crippen LogP contribution in [-0.4, -0.2) is 70.6 Å². The fourth-order valence-electron chi connectivity index (χ4n) is 4.09. The highest BCUT2D eigenvalue weighted by Crippen LogP contribution is 2.20. The van der Waals surface area contributed by atoms with E-state index in [0.29, 0.717) is 36.8 Å². The highest BCUT2D eigenvalue weighted by Gasteiger charge is 2.28. The summed E-state index contributed by atoms with van der Waals surface area (Å²) in [5.41, 5.74) is 2.39. The number of nitrogens with zero attached hydrogens (tertiary/aromatic N) is 5. The fraction of sp³-hybridized carbons (Fsp3) is 0.333. The van der Waals surface area contributed by atoms with Crippen molar-refractivity contribution < 1.29 is 9.59 Å². The molecule has 1 saturated heterocycles. The molecular formula is C27H30ClN5O2. The minimum atomic E-state index is -0.156. The SMILES string of the molecule is CC[C@@H](C)N(CC(=O)N1CCN(c2ccc(-c3ccccc3)nn2)CC1)C(=O)c1ccc(Cl)cc1. The monoisotopic (exact) mass is 491 g/mol. The first-order valence-electron chi connectivity index (χ1n) is 11.9. The Labute approximate surface area is 211 Å². The molecule has 0 aliphatic carbocycles. The van der Waals surface area contributed by atoms with Gasteiger partial charge < -0.3 is 14.7 Å². The van der Waals surface area contributed by atoms with Gasteiger partial charge in [0.05, 0.1) is 5.69 Å². The van der Waals surface area contributed by atoms with Gasteiger partial charge in [0.25, 0.3) is 5.91 Å². The lowest BCUT2D eigenvalue weighted by Gasteiger charge is -2.37. The van der Waals surface area contributed by atoms with Crippen LogP contribution in [0.1, 0.15) is 30.6 Å². The minimum absolute atomic E-state index is 0.0437. The molecule has 0 spiro atoms. The molecule has 0 N–H and O–H groups in total. The van der Waals surface area contributed by atoms with Gasteiger partial charge in [-0.1, -0.05) is 48.9 Å². The number of piperazine rings is 1. The van der Waals surface area contributed by atoms with E-state index in [1.165, 1.54) is 0 Å². The molecule has 8 heteroatoms. The van der Waals surface area contributed by atoms with Crippen LogP contribution in [0.5, 0.6) is 0 Å². The van der Waals surface area contributed by atoms with Crippen LogP contribution < -0.4 is 4.90 Å². The van der Waals surface area contributed by atoms with Gasteiger partial charge in [-0.2, -0.15) is 0 Å². The molecule has 182 valence electrons. The van der Waals surface area contributed by atoms with E-state index in [4.69, 9.17) is 11.6 Å². The minimum Gasteiger partial charge on any atom is -0.352 e. The van der Waals surface area contributed by atoms with Crippen molar-refractivity contribution >= 4 is 29.2 Å². The standard InChI is InChI=1S/C27H30ClN5O2/c1-3-20(2)33(27(35)22-9-11-23(28)12-10-22)19-26(34)32-17-15-31(16-18-32)25-14-13-24(29-30-25)21-7-5-4-6-8-21/h4-14,20H,3,15-19H2,1-2H3/t20-/m1/s1. The van der Waals surface area contributed by atoms with Crippen LogP contribution in [0.2, 0.25) is 5.02 Å². The van der Waals surface area contributed by atoms with Crippen LogP contribution in [0.4, 0.5) is 5.82 Å². The van der Waals surface area contributed by atoms with Crippen molar-refractivity contribution in [3.8, 4) is 11.3 Å². The lowest BCUT2D eigenvalue weighted by Crippen LogP contribution is -2.53. The number of carbonyl (C=O) groups excluding carboxylic acids is 2. The molecular weight excluding hydrogens is 462 g/mol. The Balaban J connectivity index is 1.36. The molecule has 1 atom stereocenters. The summed E-state index contributed by atoms with van der Waals surface area (Å²) >= 11 is 5.97. The maximum absolute atomic E-state index is 13.1. The summed E-state index contributed by atoms with van der Waals surface area (Å²) in [7, 11) is 0. The second kappa shape index (κ2) is 11.3. The van der Waals surface area contributed by atoms with Crippen molar-refractivity contribution in [3.63, 3.8) is 0 Å². The number of aromatic nitrogens is 2. The van der Waals surface area contributed by atoms with E-state index in [1.807, 2.05) is 61.2 Å². The van der Waals surface area contributed by atoms with Gasteiger partial charge in [-0.3, -0.25) is 9.59 Å². The first-order chi connectivity index (χ1) is 17.0. The molecule has 1 aromatic heterocycles. The Morgan fingerprint density at radius 3 is 2.23 bits per heavy atom. The molecule has 1 fully saturated rings. The molecule has 0 saturated carbocycles. The molecule has 0 bridgehead atoms. The van der Waals surface area contributed by atoms with E-state index in [2.05, 4.69) is 15.1 Å². The van der Waals surface area contributed by atoms with Gasteiger partial charge in [0.15, 0.2) is 5.82 Å². The van der Waals surface area contributed by atoms with Gasteiger partial charge in [-0.05, 0) is 49.7 Å². The largest absolute Gasteiger partial charge is 0.352 e. The summed E-state index contributed by atoms with van der Waals surface area (Å²) in [6.45, 7) is 6.52. The first-order valence-corrected chi connectivity index (χ1v) is 12.3. The molecule has 1 aliphatic heterocycles. The number of amides is 2. The van der Waals surface area contributed by atoms with Crippen molar-refractivity contribution in [2.24, 2.45) is 0 Å². The Hall–Kier alpha value is -3.45. The Morgan fingerprint density at radius 1 is 0.943 bits per heavy atom. The summed E-state index contributed by atoms with van der Waals surface area (Å²) < 4.78 is 0. The third-order valence-corrected chi connectivity index (χ3v) is 6.71. The molecule has 35 heavy (non-hydrogen) atoms. The number of hydrogen-bond acceptors (Lipinski definition) is 5. The fourth-order valence-corrected chi connectivity index (χ4v) is 4.22. The van der Waals surface area contributed by atoms with Crippen molar-refractivity contribution in [1.82, 2.24) is 20.0 Å². The van der Waals surface area contributed by atoms with Gasteiger partial charge >= 0.3 is 0 Å². The quantitative estimate of drug-likeness (QED) is 0.490. The number of anilines is 1. The van der Waals surface area contributed by atoms with Gasteiger partial charge in [-0.25, -0.2) is 0 Å². The zero-order valence-electron chi connectivity index (χ0n) is 20.1. The van der Waals surface area contributed by atoms with Gasteiger partial charge in [-0.15, -0.1) is 10.2 Å². The Kier molecular flexibility index (Phi) is 7.98. The molecule has 0 radical (unpaired) electrons.